The minimum absolute atomic E-state index is 0.0398. The van der Waals surface area contributed by atoms with Gasteiger partial charge in [-0.3, -0.25) is 4.79 Å². The van der Waals surface area contributed by atoms with Crippen molar-refractivity contribution in [1.82, 2.24) is 0 Å². The van der Waals surface area contributed by atoms with Crippen molar-refractivity contribution in [2.24, 2.45) is 5.73 Å². The summed E-state index contributed by atoms with van der Waals surface area (Å²) < 4.78 is 5.42. The second-order valence-electron chi connectivity index (χ2n) is 4.33. The van der Waals surface area contributed by atoms with E-state index in [1.54, 1.807) is 6.07 Å². The predicted molar refractivity (Wildman–Crippen MR) is 74.6 cm³/mol. The molecule has 0 radical (unpaired) electrons. The summed E-state index contributed by atoms with van der Waals surface area (Å²) in [7, 11) is 0. The summed E-state index contributed by atoms with van der Waals surface area (Å²) in [5.41, 5.74) is 7.01. The number of hydrogen-bond acceptors (Lipinski definition) is 3. The standard InChI is InChI=1S/C13H16N2O2S/c14-13(18)9-3-1-4-10(7-9)15-12(16)8-11-5-2-6-17-11/h1,3-4,7,11H,2,5-6,8H2,(H2,14,18)(H,15,16). The highest BCUT2D eigenvalue weighted by atomic mass is 32.1. The van der Waals surface area contributed by atoms with Gasteiger partial charge in [0.1, 0.15) is 4.99 Å². The molecular formula is C13H16N2O2S. The number of hydrogen-bond donors (Lipinski definition) is 2. The molecule has 0 aromatic heterocycles. The Morgan fingerprint density at radius 2 is 2.39 bits per heavy atom. The molecule has 0 aliphatic carbocycles. The van der Waals surface area contributed by atoms with E-state index in [9.17, 15) is 4.79 Å². The molecule has 1 aromatic rings. The Bertz CT molecular complexity index is 456. The maximum atomic E-state index is 11.8. The Morgan fingerprint density at radius 3 is 3.06 bits per heavy atom. The lowest BCUT2D eigenvalue weighted by Gasteiger charge is -2.10. The average molecular weight is 264 g/mol. The number of amides is 1. The van der Waals surface area contributed by atoms with E-state index in [1.165, 1.54) is 0 Å². The van der Waals surface area contributed by atoms with Gasteiger partial charge in [-0.05, 0) is 25.0 Å². The van der Waals surface area contributed by atoms with Crippen LogP contribution in [0.25, 0.3) is 0 Å². The molecule has 0 saturated carbocycles. The molecule has 1 atom stereocenters. The van der Waals surface area contributed by atoms with E-state index in [1.807, 2.05) is 18.2 Å². The minimum atomic E-state index is -0.0398. The zero-order valence-corrected chi connectivity index (χ0v) is 10.8. The van der Waals surface area contributed by atoms with Crippen molar-refractivity contribution >= 4 is 28.8 Å². The van der Waals surface area contributed by atoms with Crippen LogP contribution in [0.2, 0.25) is 0 Å². The number of carbonyl (C=O) groups excluding carboxylic acids is 1. The summed E-state index contributed by atoms with van der Waals surface area (Å²) in [5.74, 6) is -0.0398. The summed E-state index contributed by atoms with van der Waals surface area (Å²) in [4.78, 5) is 12.1. The topological polar surface area (TPSA) is 64.3 Å². The van der Waals surface area contributed by atoms with Crippen LogP contribution in [0.5, 0.6) is 0 Å². The van der Waals surface area contributed by atoms with Gasteiger partial charge in [0.2, 0.25) is 5.91 Å². The quantitative estimate of drug-likeness (QED) is 0.814. The molecular weight excluding hydrogens is 248 g/mol. The van der Waals surface area contributed by atoms with Crippen molar-refractivity contribution in [1.29, 1.82) is 0 Å². The zero-order chi connectivity index (χ0) is 13.0. The van der Waals surface area contributed by atoms with Gasteiger partial charge in [0, 0.05) is 17.9 Å². The molecule has 1 aliphatic rings. The normalized spacial score (nSPS) is 18.6. The van der Waals surface area contributed by atoms with Gasteiger partial charge >= 0.3 is 0 Å². The Kier molecular flexibility index (Phi) is 4.28. The van der Waals surface area contributed by atoms with Crippen LogP contribution < -0.4 is 11.1 Å². The highest BCUT2D eigenvalue weighted by Gasteiger charge is 2.19. The van der Waals surface area contributed by atoms with Crippen LogP contribution >= 0.6 is 12.2 Å². The molecule has 1 unspecified atom stereocenters. The monoisotopic (exact) mass is 264 g/mol. The number of thiocarbonyl (C=S) groups is 1. The fourth-order valence-corrected chi connectivity index (χ4v) is 2.10. The minimum Gasteiger partial charge on any atom is -0.389 e. The molecule has 1 saturated heterocycles. The molecule has 3 N–H and O–H groups in total. The second-order valence-corrected chi connectivity index (χ2v) is 4.77. The molecule has 0 spiro atoms. The first-order chi connectivity index (χ1) is 8.65. The summed E-state index contributed by atoms with van der Waals surface area (Å²) in [6, 6.07) is 7.22. The lowest BCUT2D eigenvalue weighted by Crippen LogP contribution is -2.19. The molecule has 2 rings (SSSR count). The lowest BCUT2D eigenvalue weighted by atomic mass is 10.1. The maximum absolute atomic E-state index is 11.8. The van der Waals surface area contributed by atoms with Crippen molar-refractivity contribution < 1.29 is 9.53 Å². The van der Waals surface area contributed by atoms with Crippen LogP contribution in [-0.2, 0) is 9.53 Å². The lowest BCUT2D eigenvalue weighted by molar-refractivity contribution is -0.118. The van der Waals surface area contributed by atoms with Gasteiger partial charge < -0.3 is 15.8 Å². The first kappa shape index (κ1) is 13.0. The molecule has 1 aliphatic heterocycles. The van der Waals surface area contributed by atoms with Gasteiger partial charge in [-0.2, -0.15) is 0 Å². The van der Waals surface area contributed by atoms with Gasteiger partial charge in [0.25, 0.3) is 0 Å². The molecule has 0 bridgehead atoms. The van der Waals surface area contributed by atoms with Gasteiger partial charge in [-0.15, -0.1) is 0 Å². The Labute approximate surface area is 112 Å². The third kappa shape index (κ3) is 3.51. The van der Waals surface area contributed by atoms with Gasteiger partial charge in [0.05, 0.1) is 12.5 Å². The predicted octanol–water partition coefficient (Wildman–Crippen LogP) is 1.83. The first-order valence-electron chi connectivity index (χ1n) is 5.96. The largest absolute Gasteiger partial charge is 0.389 e. The Balaban J connectivity index is 1.93. The van der Waals surface area contributed by atoms with E-state index in [4.69, 9.17) is 22.7 Å². The maximum Gasteiger partial charge on any atom is 0.226 e. The molecule has 5 heteroatoms. The second kappa shape index (κ2) is 5.93. The third-order valence-electron chi connectivity index (χ3n) is 2.87. The first-order valence-corrected chi connectivity index (χ1v) is 6.37. The SMILES string of the molecule is NC(=S)c1cccc(NC(=O)CC2CCCO2)c1. The van der Waals surface area contributed by atoms with Crippen molar-refractivity contribution in [2.45, 2.75) is 25.4 Å². The Morgan fingerprint density at radius 1 is 1.56 bits per heavy atom. The average Bonchev–Trinajstić information content (AvgIpc) is 2.82. The summed E-state index contributed by atoms with van der Waals surface area (Å²) >= 11 is 4.90. The molecule has 1 heterocycles. The van der Waals surface area contributed by atoms with Crippen LogP contribution in [-0.4, -0.2) is 23.6 Å². The summed E-state index contributed by atoms with van der Waals surface area (Å²) in [6.45, 7) is 0.759. The summed E-state index contributed by atoms with van der Waals surface area (Å²) in [5, 5.41) is 2.83. The van der Waals surface area contributed by atoms with Gasteiger partial charge in [-0.1, -0.05) is 24.4 Å². The van der Waals surface area contributed by atoms with E-state index in [2.05, 4.69) is 5.32 Å². The molecule has 96 valence electrons. The van der Waals surface area contributed by atoms with Gasteiger partial charge in [-0.25, -0.2) is 0 Å². The zero-order valence-electron chi connectivity index (χ0n) is 10.0. The molecule has 1 fully saturated rings. The van der Waals surface area contributed by atoms with Gasteiger partial charge in [0.15, 0.2) is 0 Å². The number of nitrogens with one attached hydrogen (secondary N) is 1. The fraction of sp³-hybridized carbons (Fsp3) is 0.385. The van der Waals surface area contributed by atoms with E-state index < -0.39 is 0 Å². The smallest absolute Gasteiger partial charge is 0.226 e. The van der Waals surface area contributed by atoms with Crippen molar-refractivity contribution in [2.75, 3.05) is 11.9 Å². The van der Waals surface area contributed by atoms with Crippen molar-refractivity contribution in [3.8, 4) is 0 Å². The van der Waals surface area contributed by atoms with E-state index in [0.29, 0.717) is 17.1 Å². The number of anilines is 1. The highest BCUT2D eigenvalue weighted by Crippen LogP contribution is 2.17. The number of nitrogens with two attached hydrogens (primary N) is 1. The van der Waals surface area contributed by atoms with Crippen LogP contribution in [0.15, 0.2) is 24.3 Å². The number of carbonyl (C=O) groups is 1. The van der Waals surface area contributed by atoms with Crippen LogP contribution in [0.1, 0.15) is 24.8 Å². The number of rotatable bonds is 4. The summed E-state index contributed by atoms with van der Waals surface area (Å²) in [6.07, 6.45) is 2.45. The highest BCUT2D eigenvalue weighted by molar-refractivity contribution is 7.80. The number of benzene rings is 1. The molecule has 1 aromatic carbocycles. The third-order valence-corrected chi connectivity index (χ3v) is 3.10. The van der Waals surface area contributed by atoms with Crippen LogP contribution in [0.3, 0.4) is 0 Å². The van der Waals surface area contributed by atoms with Crippen molar-refractivity contribution in [3.05, 3.63) is 29.8 Å². The van der Waals surface area contributed by atoms with Crippen LogP contribution in [0, 0.1) is 0 Å². The fourth-order valence-electron chi connectivity index (χ4n) is 1.97. The Hall–Kier alpha value is -1.46. The van der Waals surface area contributed by atoms with E-state index in [0.717, 1.165) is 25.0 Å². The number of ether oxygens (including phenoxy) is 1. The van der Waals surface area contributed by atoms with Crippen molar-refractivity contribution in [3.63, 3.8) is 0 Å². The van der Waals surface area contributed by atoms with E-state index >= 15 is 0 Å². The molecule has 4 nitrogen and oxygen atoms in total. The molecule has 18 heavy (non-hydrogen) atoms. The van der Waals surface area contributed by atoms with Crippen LogP contribution in [0.4, 0.5) is 5.69 Å². The molecule has 1 amide bonds. The van der Waals surface area contributed by atoms with E-state index in [-0.39, 0.29) is 12.0 Å².